The van der Waals surface area contributed by atoms with Crippen molar-refractivity contribution in [2.75, 3.05) is 32.7 Å². The van der Waals surface area contributed by atoms with Gasteiger partial charge in [-0.25, -0.2) is 0 Å². The van der Waals surface area contributed by atoms with Crippen LogP contribution in [0.5, 0.6) is 0 Å². The maximum atomic E-state index is 12.6. The first-order chi connectivity index (χ1) is 11.7. The van der Waals surface area contributed by atoms with Gasteiger partial charge in [0.05, 0.1) is 13.0 Å². The fourth-order valence-electron chi connectivity index (χ4n) is 3.10. The number of hydrogen-bond donors (Lipinski definition) is 0. The third kappa shape index (κ3) is 3.00. The van der Waals surface area contributed by atoms with Crippen LogP contribution in [0.15, 0.2) is 33.8 Å². The second-order valence-corrected chi connectivity index (χ2v) is 7.63. The van der Waals surface area contributed by atoms with Crippen LogP contribution in [-0.4, -0.2) is 64.0 Å². The Kier molecular flexibility index (Phi) is 4.18. The molecule has 0 aliphatic carbocycles. The van der Waals surface area contributed by atoms with Crippen molar-refractivity contribution in [3.8, 4) is 0 Å². The predicted octanol–water partition coefficient (Wildman–Crippen LogP) is 2.01. The van der Waals surface area contributed by atoms with E-state index in [1.807, 2.05) is 40.9 Å². The molecule has 126 valence electrons. The van der Waals surface area contributed by atoms with Gasteiger partial charge in [0.25, 0.3) is 0 Å². The van der Waals surface area contributed by atoms with Crippen LogP contribution in [-0.2, 0) is 11.2 Å². The summed E-state index contributed by atoms with van der Waals surface area (Å²) in [4.78, 5) is 21.4. The molecule has 0 unspecified atom stereocenters. The molecule has 6 nitrogen and oxygen atoms in total. The normalized spacial score (nSPS) is 21.4. The lowest BCUT2D eigenvalue weighted by Gasteiger charge is -2.35. The summed E-state index contributed by atoms with van der Waals surface area (Å²) in [6, 6.07) is 7.66. The van der Waals surface area contributed by atoms with Crippen molar-refractivity contribution < 1.29 is 9.32 Å². The molecular formula is C17H20N4O2S. The van der Waals surface area contributed by atoms with Crippen LogP contribution in [0.2, 0.25) is 0 Å². The van der Waals surface area contributed by atoms with E-state index in [-0.39, 0.29) is 5.91 Å². The average molecular weight is 344 g/mol. The molecule has 0 radical (unpaired) electrons. The van der Waals surface area contributed by atoms with E-state index in [4.69, 9.17) is 4.52 Å². The van der Waals surface area contributed by atoms with Gasteiger partial charge < -0.3 is 14.3 Å². The van der Waals surface area contributed by atoms with E-state index in [9.17, 15) is 4.79 Å². The Morgan fingerprint density at radius 1 is 1.29 bits per heavy atom. The molecular weight excluding hydrogens is 324 g/mol. The molecule has 1 saturated heterocycles. The number of rotatable bonds is 2. The van der Waals surface area contributed by atoms with Crippen molar-refractivity contribution >= 4 is 33.8 Å². The molecule has 1 atom stereocenters. The van der Waals surface area contributed by atoms with Crippen molar-refractivity contribution in [2.45, 2.75) is 18.6 Å². The summed E-state index contributed by atoms with van der Waals surface area (Å²) in [5.74, 6) is 0.114. The Bertz CT molecular complexity index is 780. The lowest BCUT2D eigenvalue weighted by atomic mass is 10.1. The van der Waals surface area contributed by atoms with Gasteiger partial charge in [-0.05, 0) is 12.1 Å². The number of carbonyl (C=O) groups excluding carboxylic acids is 1. The summed E-state index contributed by atoms with van der Waals surface area (Å²) < 4.78 is 5.28. The number of para-hydroxylation sites is 1. The van der Waals surface area contributed by atoms with E-state index in [1.54, 1.807) is 0 Å². The fraction of sp³-hybridized carbons (Fsp3) is 0.471. The van der Waals surface area contributed by atoms with Gasteiger partial charge in [0.15, 0.2) is 10.8 Å². The number of thioether (sulfide) groups is 1. The van der Waals surface area contributed by atoms with Gasteiger partial charge in [-0.1, -0.05) is 36.0 Å². The van der Waals surface area contributed by atoms with Gasteiger partial charge in [0, 0.05) is 36.8 Å². The molecule has 0 N–H and O–H groups in total. The molecule has 1 fully saturated rings. The van der Waals surface area contributed by atoms with E-state index in [1.165, 1.54) is 0 Å². The monoisotopic (exact) mass is 344 g/mol. The minimum absolute atomic E-state index is 0.114. The van der Waals surface area contributed by atoms with E-state index in [0.29, 0.717) is 11.7 Å². The number of aromatic nitrogens is 1. The molecule has 7 heteroatoms. The number of nitrogens with zero attached hydrogens (tertiary/aromatic N) is 4. The van der Waals surface area contributed by atoms with Gasteiger partial charge in [0.2, 0.25) is 5.91 Å². The zero-order chi connectivity index (χ0) is 16.5. The Labute approximate surface area is 144 Å². The number of hydrogen-bond acceptors (Lipinski definition) is 6. The number of benzene rings is 1. The number of piperazine rings is 1. The van der Waals surface area contributed by atoms with Gasteiger partial charge in [-0.15, -0.1) is 0 Å². The number of aliphatic imine (C=N–C) groups is 1. The molecule has 1 amide bonds. The van der Waals surface area contributed by atoms with Gasteiger partial charge in [-0.3, -0.25) is 9.79 Å². The molecule has 1 aromatic carbocycles. The zero-order valence-electron chi connectivity index (χ0n) is 13.6. The Morgan fingerprint density at radius 3 is 2.83 bits per heavy atom. The molecule has 4 rings (SSSR count). The van der Waals surface area contributed by atoms with Crippen molar-refractivity contribution in [2.24, 2.45) is 4.99 Å². The van der Waals surface area contributed by atoms with E-state index in [0.717, 1.165) is 54.6 Å². The van der Waals surface area contributed by atoms with Gasteiger partial charge >= 0.3 is 0 Å². The van der Waals surface area contributed by atoms with E-state index in [2.05, 4.69) is 22.0 Å². The van der Waals surface area contributed by atoms with Crippen LogP contribution < -0.4 is 0 Å². The Morgan fingerprint density at radius 2 is 2.08 bits per heavy atom. The summed E-state index contributed by atoms with van der Waals surface area (Å²) >= 11 is 1.84. The first-order valence-corrected chi connectivity index (χ1v) is 9.16. The van der Waals surface area contributed by atoms with Crippen LogP contribution in [0.25, 0.3) is 11.0 Å². The molecule has 0 saturated carbocycles. The summed E-state index contributed by atoms with van der Waals surface area (Å²) in [5, 5.41) is 6.69. The van der Waals surface area contributed by atoms with Gasteiger partial charge in [-0.2, -0.15) is 0 Å². The Balaban J connectivity index is 1.36. The molecule has 0 spiro atoms. The minimum atomic E-state index is 0.114. The van der Waals surface area contributed by atoms with Crippen LogP contribution in [0.1, 0.15) is 12.6 Å². The lowest BCUT2D eigenvalue weighted by molar-refractivity contribution is -0.131. The topological polar surface area (TPSA) is 61.9 Å². The highest BCUT2D eigenvalue weighted by Gasteiger charge is 2.27. The maximum Gasteiger partial charge on any atom is 0.228 e. The second-order valence-electron chi connectivity index (χ2n) is 6.22. The number of carbonyl (C=O) groups is 1. The maximum absolute atomic E-state index is 12.6. The summed E-state index contributed by atoms with van der Waals surface area (Å²) in [5.41, 5.74) is 1.46. The molecule has 2 aliphatic heterocycles. The minimum Gasteiger partial charge on any atom is -0.356 e. The first kappa shape index (κ1) is 15.5. The first-order valence-electron chi connectivity index (χ1n) is 8.28. The van der Waals surface area contributed by atoms with Crippen molar-refractivity contribution in [3.05, 3.63) is 30.0 Å². The molecule has 2 aromatic rings. The number of amidine groups is 1. The summed E-state index contributed by atoms with van der Waals surface area (Å²) in [6.07, 6.45) is 0.295. The third-order valence-corrected chi connectivity index (χ3v) is 5.61. The van der Waals surface area contributed by atoms with E-state index >= 15 is 0 Å². The molecule has 1 aromatic heterocycles. The zero-order valence-corrected chi connectivity index (χ0v) is 14.5. The average Bonchev–Trinajstić information content (AvgIpc) is 3.22. The quantitative estimate of drug-likeness (QED) is 0.834. The molecule has 0 bridgehead atoms. The smallest absolute Gasteiger partial charge is 0.228 e. The second kappa shape index (κ2) is 6.47. The van der Waals surface area contributed by atoms with Gasteiger partial charge in [0.1, 0.15) is 5.69 Å². The highest BCUT2D eigenvalue weighted by molar-refractivity contribution is 8.14. The Hall–Kier alpha value is -2.02. The standard InChI is InChI=1S/C17H20N4O2S/c1-12-11-18-17(24-12)21-8-6-20(7-9-21)16(22)10-14-13-4-2-3-5-15(13)23-19-14/h2-5,12H,6-11H2,1H3/t12-/m0/s1. The highest BCUT2D eigenvalue weighted by Crippen LogP contribution is 2.24. The predicted molar refractivity (Wildman–Crippen MR) is 95.2 cm³/mol. The molecule has 2 aliphatic rings. The van der Waals surface area contributed by atoms with Crippen molar-refractivity contribution in [1.29, 1.82) is 0 Å². The highest BCUT2D eigenvalue weighted by atomic mass is 32.2. The van der Waals surface area contributed by atoms with E-state index < -0.39 is 0 Å². The molecule has 24 heavy (non-hydrogen) atoms. The number of fused-ring (bicyclic) bond motifs is 1. The van der Waals surface area contributed by atoms with Crippen molar-refractivity contribution in [1.82, 2.24) is 15.0 Å². The summed E-state index contributed by atoms with van der Waals surface area (Å²) in [6.45, 7) is 6.28. The number of amides is 1. The fourth-order valence-corrected chi connectivity index (χ4v) is 4.09. The van der Waals surface area contributed by atoms with Crippen molar-refractivity contribution in [3.63, 3.8) is 0 Å². The largest absolute Gasteiger partial charge is 0.356 e. The summed E-state index contributed by atoms with van der Waals surface area (Å²) in [7, 11) is 0. The van der Waals surface area contributed by atoms with Crippen LogP contribution in [0.3, 0.4) is 0 Å². The SMILES string of the molecule is C[C@H]1CN=C(N2CCN(C(=O)Cc3noc4ccccc34)CC2)S1. The van der Waals surface area contributed by atoms with Crippen LogP contribution in [0, 0.1) is 0 Å². The lowest BCUT2D eigenvalue weighted by Crippen LogP contribution is -2.50. The van der Waals surface area contributed by atoms with Crippen LogP contribution >= 0.6 is 11.8 Å². The van der Waals surface area contributed by atoms with Crippen LogP contribution in [0.4, 0.5) is 0 Å². The molecule has 3 heterocycles. The third-order valence-electron chi connectivity index (χ3n) is 4.46.